The summed E-state index contributed by atoms with van der Waals surface area (Å²) in [7, 11) is 3.73. The molecule has 0 unspecified atom stereocenters. The van der Waals surface area contributed by atoms with Gasteiger partial charge in [0.1, 0.15) is 17.5 Å². The van der Waals surface area contributed by atoms with Crippen LogP contribution in [-0.4, -0.2) is 19.1 Å². The zero-order chi connectivity index (χ0) is 20.6. The molecule has 29 heavy (non-hydrogen) atoms. The normalized spacial score (nSPS) is 17.5. The molecule has 0 bridgehead atoms. The molecule has 4 rings (SSSR count). The van der Waals surface area contributed by atoms with Crippen LogP contribution in [0.3, 0.4) is 0 Å². The topological polar surface area (TPSA) is 78.0 Å². The van der Waals surface area contributed by atoms with Crippen LogP contribution in [-0.2, 0) is 5.54 Å². The number of nitriles is 1. The molecule has 2 heterocycles. The van der Waals surface area contributed by atoms with Crippen LogP contribution in [0, 0.1) is 11.3 Å². The van der Waals surface area contributed by atoms with Gasteiger partial charge in [-0.2, -0.15) is 5.26 Å². The number of hydrogen-bond donors (Lipinski definition) is 2. The average Bonchev–Trinajstić information content (AvgIpc) is 2.74. The Labute approximate surface area is 171 Å². The maximum atomic E-state index is 9.99. The Morgan fingerprint density at radius 2 is 1.66 bits per heavy atom. The van der Waals surface area contributed by atoms with Crippen molar-refractivity contribution in [2.24, 2.45) is 0 Å². The molecule has 2 aromatic carbocycles. The highest BCUT2D eigenvalue weighted by Gasteiger charge is 2.35. The lowest BCUT2D eigenvalue weighted by Crippen LogP contribution is -2.34. The fourth-order valence-corrected chi connectivity index (χ4v) is 3.86. The number of nitrogens with one attached hydrogen (secondary N) is 1. The number of nitrogens with zero attached hydrogens (tertiary/aromatic N) is 3. The molecule has 3 aromatic rings. The highest BCUT2D eigenvalue weighted by Crippen LogP contribution is 2.46. The van der Waals surface area contributed by atoms with E-state index in [0.717, 1.165) is 28.0 Å². The molecule has 0 aliphatic carbocycles. The molecule has 0 saturated heterocycles. The van der Waals surface area contributed by atoms with Crippen LogP contribution < -0.4 is 16.0 Å². The molecule has 0 spiro atoms. The Morgan fingerprint density at radius 3 is 2.24 bits per heavy atom. The maximum Gasteiger partial charge on any atom is 0.150 e. The number of aromatic nitrogens is 1. The highest BCUT2D eigenvalue weighted by atomic mass is 15.2. The van der Waals surface area contributed by atoms with Crippen molar-refractivity contribution in [2.45, 2.75) is 12.5 Å². The van der Waals surface area contributed by atoms with Gasteiger partial charge in [-0.1, -0.05) is 60.7 Å². The number of benzene rings is 2. The minimum Gasteiger partial charge on any atom is -0.383 e. The fraction of sp³-hybridized carbons (Fsp3) is 0.167. The van der Waals surface area contributed by atoms with Gasteiger partial charge in [0.05, 0.1) is 11.2 Å². The van der Waals surface area contributed by atoms with Gasteiger partial charge < -0.3 is 16.0 Å². The molecular weight excluding hydrogens is 358 g/mol. The van der Waals surface area contributed by atoms with Gasteiger partial charge in [-0.3, -0.25) is 0 Å². The predicted octanol–water partition coefficient (Wildman–Crippen LogP) is 4.37. The van der Waals surface area contributed by atoms with E-state index in [-0.39, 0.29) is 0 Å². The van der Waals surface area contributed by atoms with Gasteiger partial charge in [0.2, 0.25) is 0 Å². The van der Waals surface area contributed by atoms with Crippen LogP contribution in [0.2, 0.25) is 0 Å². The summed E-state index contributed by atoms with van der Waals surface area (Å²) in [4.78, 5) is 6.37. The van der Waals surface area contributed by atoms with Crippen LogP contribution in [0.5, 0.6) is 0 Å². The smallest absolute Gasteiger partial charge is 0.150 e. The minimum absolute atomic E-state index is 0.403. The summed E-state index contributed by atoms with van der Waals surface area (Å²) in [5, 5.41) is 13.6. The van der Waals surface area contributed by atoms with E-state index in [1.54, 1.807) is 0 Å². The predicted molar refractivity (Wildman–Crippen MR) is 119 cm³/mol. The van der Waals surface area contributed by atoms with Crippen molar-refractivity contribution in [3.05, 3.63) is 89.0 Å². The molecule has 0 radical (unpaired) electrons. The third kappa shape index (κ3) is 3.09. The van der Waals surface area contributed by atoms with Crippen LogP contribution in [0.25, 0.3) is 5.57 Å². The highest BCUT2D eigenvalue weighted by molar-refractivity contribution is 5.97. The van der Waals surface area contributed by atoms with E-state index in [4.69, 9.17) is 5.73 Å². The monoisotopic (exact) mass is 381 g/mol. The Hall–Kier alpha value is -3.78. The Kier molecular flexibility index (Phi) is 4.48. The lowest BCUT2D eigenvalue weighted by atomic mass is 9.81. The van der Waals surface area contributed by atoms with Gasteiger partial charge in [-0.05, 0) is 29.7 Å². The van der Waals surface area contributed by atoms with Gasteiger partial charge in [0.15, 0.2) is 5.82 Å². The van der Waals surface area contributed by atoms with Crippen LogP contribution >= 0.6 is 0 Å². The van der Waals surface area contributed by atoms with E-state index in [9.17, 15) is 5.26 Å². The minimum atomic E-state index is -0.511. The van der Waals surface area contributed by atoms with E-state index in [2.05, 4.69) is 53.6 Å². The zero-order valence-corrected chi connectivity index (χ0v) is 16.8. The molecule has 3 N–H and O–H groups in total. The second-order valence-corrected chi connectivity index (χ2v) is 7.57. The van der Waals surface area contributed by atoms with E-state index in [1.165, 1.54) is 0 Å². The van der Waals surface area contributed by atoms with Gasteiger partial charge in [-0.15, -0.1) is 0 Å². The Balaban J connectivity index is 2.06. The molecule has 1 atom stereocenters. The van der Waals surface area contributed by atoms with Crippen LogP contribution in [0.15, 0.2) is 66.7 Å². The molecule has 0 amide bonds. The summed E-state index contributed by atoms with van der Waals surface area (Å²) in [6, 6.07) is 22.6. The first-order chi connectivity index (χ1) is 13.9. The average molecular weight is 381 g/mol. The van der Waals surface area contributed by atoms with E-state index < -0.39 is 5.54 Å². The standard InChI is InChI=1S/C24H23N5/c1-24(17-12-8-5-9-13-17)14-18(16-10-6-4-7-11-16)20-21(28-24)19(15-25)23(29(2)3)27-22(20)26/h4-14,28H,1-3H3,(H2,26,27)/t24-/m1/s1. The van der Waals surface area contributed by atoms with Crippen molar-refractivity contribution < 1.29 is 0 Å². The number of fused-ring (bicyclic) bond motifs is 1. The number of rotatable bonds is 3. The number of nitrogen functional groups attached to an aromatic ring is 1. The summed E-state index contributed by atoms with van der Waals surface area (Å²) in [6.07, 6.45) is 2.18. The molecule has 144 valence electrons. The first-order valence-electron chi connectivity index (χ1n) is 9.48. The van der Waals surface area contributed by atoms with E-state index >= 15 is 0 Å². The van der Waals surface area contributed by atoms with Crippen molar-refractivity contribution in [2.75, 3.05) is 30.0 Å². The summed E-state index contributed by atoms with van der Waals surface area (Å²) in [5.74, 6) is 0.960. The van der Waals surface area contributed by atoms with Crippen molar-refractivity contribution >= 4 is 22.9 Å². The van der Waals surface area contributed by atoms with Crippen molar-refractivity contribution in [3.63, 3.8) is 0 Å². The number of nitrogens with two attached hydrogens (primary N) is 1. The van der Waals surface area contributed by atoms with E-state index in [1.807, 2.05) is 55.4 Å². The summed E-state index contributed by atoms with van der Waals surface area (Å²) in [5.41, 5.74) is 11.0. The van der Waals surface area contributed by atoms with Crippen molar-refractivity contribution in [1.29, 1.82) is 5.26 Å². The van der Waals surface area contributed by atoms with Crippen LogP contribution in [0.1, 0.15) is 29.2 Å². The first-order valence-corrected chi connectivity index (χ1v) is 9.48. The lowest BCUT2D eigenvalue weighted by molar-refractivity contribution is 0.684. The molecular formula is C24H23N5. The number of anilines is 3. The second kappa shape index (κ2) is 6.99. The molecule has 1 aliphatic rings. The SMILES string of the molecule is CN(C)c1nc(N)c2c(c1C#N)N[C@@](C)(c1ccccc1)C=C2c1ccccc1. The third-order valence-electron chi connectivity index (χ3n) is 5.29. The van der Waals surface area contributed by atoms with Crippen molar-refractivity contribution in [1.82, 2.24) is 4.98 Å². The molecule has 1 aliphatic heterocycles. The number of hydrogen-bond acceptors (Lipinski definition) is 5. The number of pyridine rings is 1. The Morgan fingerprint density at radius 1 is 1.03 bits per heavy atom. The van der Waals surface area contributed by atoms with Gasteiger partial charge in [0, 0.05) is 19.7 Å². The summed E-state index contributed by atoms with van der Waals surface area (Å²) < 4.78 is 0. The van der Waals surface area contributed by atoms with Crippen LogP contribution in [0.4, 0.5) is 17.3 Å². The summed E-state index contributed by atoms with van der Waals surface area (Å²) in [6.45, 7) is 2.11. The second-order valence-electron chi connectivity index (χ2n) is 7.57. The lowest BCUT2D eigenvalue weighted by Gasteiger charge is -2.37. The third-order valence-corrected chi connectivity index (χ3v) is 5.29. The largest absolute Gasteiger partial charge is 0.383 e. The molecule has 5 nitrogen and oxygen atoms in total. The van der Waals surface area contributed by atoms with Gasteiger partial charge in [-0.25, -0.2) is 4.98 Å². The quantitative estimate of drug-likeness (QED) is 0.704. The fourth-order valence-electron chi connectivity index (χ4n) is 3.86. The molecule has 1 aromatic heterocycles. The van der Waals surface area contributed by atoms with E-state index in [0.29, 0.717) is 17.2 Å². The van der Waals surface area contributed by atoms with Crippen molar-refractivity contribution in [3.8, 4) is 6.07 Å². The molecule has 0 saturated carbocycles. The molecule has 0 fully saturated rings. The maximum absolute atomic E-state index is 9.99. The Bertz CT molecular complexity index is 1130. The molecule has 5 heteroatoms. The first kappa shape index (κ1) is 18.6. The van der Waals surface area contributed by atoms with Gasteiger partial charge >= 0.3 is 0 Å². The summed E-state index contributed by atoms with van der Waals surface area (Å²) >= 11 is 0. The zero-order valence-electron chi connectivity index (χ0n) is 16.8. The van der Waals surface area contributed by atoms with Gasteiger partial charge in [0.25, 0.3) is 0 Å².